The Kier molecular flexibility index (Phi) is 5.82. The first-order chi connectivity index (χ1) is 12.3. The molecule has 2 aromatic rings. The second-order valence-corrected chi connectivity index (χ2v) is 5.96. The molecule has 0 spiro atoms. The molecule has 0 aromatic heterocycles. The molecule has 2 rings (SSSR count). The number of hydrogen-bond donors (Lipinski definition) is 2. The fourth-order valence-corrected chi connectivity index (χ4v) is 2.74. The van der Waals surface area contributed by atoms with Crippen LogP contribution in [0.1, 0.15) is 5.56 Å². The third kappa shape index (κ3) is 3.94. The first-order valence-corrected chi connectivity index (χ1v) is 7.94. The van der Waals surface area contributed by atoms with E-state index in [2.05, 4.69) is 26.8 Å². The maximum atomic E-state index is 11.3. The second kappa shape index (κ2) is 7.87. The van der Waals surface area contributed by atoms with Crippen LogP contribution in [0.2, 0.25) is 0 Å². The third-order valence-electron chi connectivity index (χ3n) is 3.51. The molecule has 0 fully saturated rings. The summed E-state index contributed by atoms with van der Waals surface area (Å²) in [4.78, 5) is 21.4. The number of ether oxygens (including phenoxy) is 2. The molecule has 0 radical (unpaired) electrons. The van der Waals surface area contributed by atoms with E-state index >= 15 is 0 Å². The molecule has 2 aromatic carbocycles. The lowest BCUT2D eigenvalue weighted by molar-refractivity contribution is -0.384. The molecule has 0 bridgehead atoms. The molecule has 10 nitrogen and oxygen atoms in total. The van der Waals surface area contributed by atoms with Crippen molar-refractivity contribution in [3.8, 4) is 11.5 Å². The number of benzene rings is 2. The van der Waals surface area contributed by atoms with Gasteiger partial charge in [0.15, 0.2) is 0 Å². The summed E-state index contributed by atoms with van der Waals surface area (Å²) in [6.07, 6.45) is 0. The first-order valence-electron chi connectivity index (χ1n) is 7.15. The van der Waals surface area contributed by atoms with E-state index in [1.165, 1.54) is 38.5 Å². The summed E-state index contributed by atoms with van der Waals surface area (Å²) >= 11 is 3.24. The van der Waals surface area contributed by atoms with Gasteiger partial charge < -0.3 is 9.47 Å². The predicted molar refractivity (Wildman–Crippen MR) is 99.0 cm³/mol. The van der Waals surface area contributed by atoms with Crippen molar-refractivity contribution in [3.05, 3.63) is 54.5 Å². The minimum absolute atomic E-state index is 0.102. The average molecular weight is 427 g/mol. The van der Waals surface area contributed by atoms with Crippen molar-refractivity contribution in [3.63, 3.8) is 0 Å². The van der Waals surface area contributed by atoms with Crippen LogP contribution in [0.5, 0.6) is 11.5 Å². The van der Waals surface area contributed by atoms with E-state index in [0.29, 0.717) is 15.8 Å². The lowest BCUT2D eigenvalue weighted by Gasteiger charge is -2.14. The minimum Gasteiger partial charge on any atom is -0.496 e. The van der Waals surface area contributed by atoms with Crippen LogP contribution in [0.15, 0.2) is 28.7 Å². The van der Waals surface area contributed by atoms with E-state index in [0.717, 1.165) is 0 Å². The van der Waals surface area contributed by atoms with Gasteiger partial charge in [-0.2, -0.15) is 0 Å². The van der Waals surface area contributed by atoms with Crippen LogP contribution in [-0.4, -0.2) is 24.1 Å². The van der Waals surface area contributed by atoms with Crippen LogP contribution in [0.4, 0.5) is 22.7 Å². The van der Waals surface area contributed by atoms with E-state index in [1.807, 2.05) is 0 Å². The number of hydrazine groups is 1. The summed E-state index contributed by atoms with van der Waals surface area (Å²) in [6, 6.07) is 5.46. The Labute approximate surface area is 156 Å². The number of nitrogens with one attached hydrogen (secondary N) is 2. The van der Waals surface area contributed by atoms with Crippen molar-refractivity contribution < 1.29 is 19.3 Å². The van der Waals surface area contributed by atoms with Gasteiger partial charge in [-0.25, -0.2) is 0 Å². The van der Waals surface area contributed by atoms with Gasteiger partial charge in [-0.3, -0.25) is 31.1 Å². The van der Waals surface area contributed by atoms with Crippen molar-refractivity contribution in [2.24, 2.45) is 0 Å². The van der Waals surface area contributed by atoms with Crippen LogP contribution in [0.25, 0.3) is 0 Å². The average Bonchev–Trinajstić information content (AvgIpc) is 2.59. The number of methoxy groups -OCH3 is 2. The highest BCUT2D eigenvalue weighted by Crippen LogP contribution is 2.37. The van der Waals surface area contributed by atoms with Gasteiger partial charge in [-0.1, -0.05) is 0 Å². The number of hydrogen-bond acceptors (Lipinski definition) is 8. The predicted octanol–water partition coefficient (Wildman–Crippen LogP) is 4.03. The molecule has 0 aliphatic rings. The molecule has 0 saturated carbocycles. The summed E-state index contributed by atoms with van der Waals surface area (Å²) in [7, 11) is 2.80. The second-order valence-electron chi connectivity index (χ2n) is 5.11. The Hall–Kier alpha value is -3.08. The number of anilines is 2. The lowest BCUT2D eigenvalue weighted by atomic mass is 10.1. The maximum absolute atomic E-state index is 11.3. The third-order valence-corrected chi connectivity index (χ3v) is 4.13. The van der Waals surface area contributed by atoms with E-state index in [4.69, 9.17) is 9.47 Å². The zero-order chi connectivity index (χ0) is 19.4. The molecular formula is C15H15BrN4O6. The van der Waals surface area contributed by atoms with Gasteiger partial charge in [0.2, 0.25) is 0 Å². The van der Waals surface area contributed by atoms with Gasteiger partial charge in [0.05, 0.1) is 40.7 Å². The van der Waals surface area contributed by atoms with Gasteiger partial charge in [0.1, 0.15) is 22.9 Å². The summed E-state index contributed by atoms with van der Waals surface area (Å²) in [5.74, 6) is 0.647. The lowest BCUT2D eigenvalue weighted by Crippen LogP contribution is -2.12. The topological polar surface area (TPSA) is 129 Å². The Morgan fingerprint density at radius 3 is 1.81 bits per heavy atom. The minimum atomic E-state index is -0.591. The van der Waals surface area contributed by atoms with Gasteiger partial charge in [0.25, 0.3) is 11.4 Å². The highest BCUT2D eigenvalue weighted by Gasteiger charge is 2.21. The van der Waals surface area contributed by atoms with E-state index in [1.54, 1.807) is 6.92 Å². The summed E-state index contributed by atoms with van der Waals surface area (Å²) < 4.78 is 10.6. The van der Waals surface area contributed by atoms with Gasteiger partial charge in [-0.15, -0.1) is 0 Å². The van der Waals surface area contributed by atoms with Crippen LogP contribution < -0.4 is 20.3 Å². The SMILES string of the molecule is COc1cc([N+](=O)[O-])c(NNc2cc(Br)c(OC)cc2[N+](=O)[O-])cc1C. The largest absolute Gasteiger partial charge is 0.496 e. The van der Waals surface area contributed by atoms with Crippen LogP contribution in [-0.2, 0) is 0 Å². The first kappa shape index (κ1) is 19.2. The highest BCUT2D eigenvalue weighted by atomic mass is 79.9. The smallest absolute Gasteiger partial charge is 0.297 e. The number of nitrogens with zero attached hydrogens (tertiary/aromatic N) is 2. The molecule has 0 aliphatic carbocycles. The molecule has 0 heterocycles. The normalized spacial score (nSPS) is 10.2. The Bertz CT molecular complexity index is 802. The standard InChI is InChI=1S/C15H15BrN4O6/c1-8-4-10(12(19(21)22)6-14(8)25-2)17-18-11-5-9(16)15(26-3)7-13(11)20(23)24/h4-7,17-18H,1-3H3. The maximum Gasteiger partial charge on any atom is 0.297 e. The molecular weight excluding hydrogens is 412 g/mol. The van der Waals surface area contributed by atoms with Crippen LogP contribution in [0, 0.1) is 27.2 Å². The molecule has 0 saturated heterocycles. The molecule has 0 amide bonds. The van der Waals surface area contributed by atoms with E-state index in [-0.39, 0.29) is 28.5 Å². The summed E-state index contributed by atoms with van der Waals surface area (Å²) in [5, 5.41) is 22.5. The Morgan fingerprint density at radius 2 is 1.35 bits per heavy atom. The molecule has 11 heteroatoms. The monoisotopic (exact) mass is 426 g/mol. The van der Waals surface area contributed by atoms with Crippen LogP contribution >= 0.6 is 15.9 Å². The van der Waals surface area contributed by atoms with Gasteiger partial charge >= 0.3 is 0 Å². The van der Waals surface area contributed by atoms with Crippen molar-refractivity contribution >= 4 is 38.7 Å². The van der Waals surface area contributed by atoms with E-state index in [9.17, 15) is 20.2 Å². The zero-order valence-electron chi connectivity index (χ0n) is 14.0. The molecule has 0 unspecified atom stereocenters. The van der Waals surface area contributed by atoms with E-state index < -0.39 is 9.85 Å². The van der Waals surface area contributed by atoms with Gasteiger partial charge in [0, 0.05) is 0 Å². The fourth-order valence-electron chi connectivity index (χ4n) is 2.23. The Balaban J connectivity index is 2.40. The highest BCUT2D eigenvalue weighted by molar-refractivity contribution is 9.10. The van der Waals surface area contributed by atoms with Crippen molar-refractivity contribution in [2.75, 3.05) is 25.1 Å². The van der Waals surface area contributed by atoms with Crippen molar-refractivity contribution in [1.82, 2.24) is 0 Å². The zero-order valence-corrected chi connectivity index (χ0v) is 15.6. The Morgan fingerprint density at radius 1 is 0.885 bits per heavy atom. The fraction of sp³-hybridized carbons (Fsp3) is 0.200. The number of halogens is 1. The molecule has 2 N–H and O–H groups in total. The molecule has 0 atom stereocenters. The number of nitro groups is 2. The van der Waals surface area contributed by atoms with Crippen molar-refractivity contribution in [2.45, 2.75) is 6.92 Å². The number of rotatable bonds is 7. The number of aryl methyl sites for hydroxylation is 1. The summed E-state index contributed by atoms with van der Waals surface area (Å²) in [5.41, 5.74) is 5.69. The quantitative estimate of drug-likeness (QED) is 0.501. The van der Waals surface area contributed by atoms with Crippen LogP contribution in [0.3, 0.4) is 0 Å². The summed E-state index contributed by atoms with van der Waals surface area (Å²) in [6.45, 7) is 1.72. The number of nitro benzene ring substituents is 2. The molecule has 138 valence electrons. The van der Waals surface area contributed by atoms with Crippen molar-refractivity contribution in [1.29, 1.82) is 0 Å². The molecule has 26 heavy (non-hydrogen) atoms. The van der Waals surface area contributed by atoms with Gasteiger partial charge in [-0.05, 0) is 40.5 Å². The molecule has 0 aliphatic heterocycles.